The largest absolute Gasteiger partial charge is 0.383 e. The molecule has 0 aromatic carbocycles. The van der Waals surface area contributed by atoms with Gasteiger partial charge >= 0.3 is 0 Å². The summed E-state index contributed by atoms with van der Waals surface area (Å²) >= 11 is 0. The third kappa shape index (κ3) is 4.40. The Morgan fingerprint density at radius 1 is 1.38 bits per heavy atom. The lowest BCUT2D eigenvalue weighted by molar-refractivity contribution is 0.0907. The lowest BCUT2D eigenvalue weighted by Gasteiger charge is -2.30. The first kappa shape index (κ1) is 13.9. The molecule has 1 fully saturated rings. The van der Waals surface area contributed by atoms with Gasteiger partial charge in [-0.1, -0.05) is 13.8 Å². The van der Waals surface area contributed by atoms with Gasteiger partial charge in [-0.05, 0) is 38.8 Å². The van der Waals surface area contributed by atoms with Gasteiger partial charge in [0.25, 0.3) is 0 Å². The molecule has 0 aromatic heterocycles. The molecule has 1 rings (SSSR count). The lowest BCUT2D eigenvalue weighted by Crippen LogP contribution is -2.45. The fourth-order valence-electron chi connectivity index (χ4n) is 2.53. The number of ether oxygens (including phenoxy) is 1. The third-order valence-corrected chi connectivity index (χ3v) is 3.33. The zero-order valence-electron chi connectivity index (χ0n) is 11.3. The summed E-state index contributed by atoms with van der Waals surface area (Å²) < 4.78 is 5.24. The van der Waals surface area contributed by atoms with Crippen LogP contribution in [0.3, 0.4) is 0 Å². The summed E-state index contributed by atoms with van der Waals surface area (Å²) in [5.41, 5.74) is 0. The standard InChI is InChI=1S/C13H28N2O/c1-11(2)8-14-9-13-6-5-7-15(13)12(3)10-16-4/h11-14H,5-10H2,1-4H3. The first-order valence-electron chi connectivity index (χ1n) is 6.60. The number of methoxy groups -OCH3 is 1. The van der Waals surface area contributed by atoms with Crippen LogP contribution >= 0.6 is 0 Å². The molecule has 0 radical (unpaired) electrons. The second kappa shape index (κ2) is 7.25. The van der Waals surface area contributed by atoms with Gasteiger partial charge in [0.1, 0.15) is 0 Å². The molecule has 2 atom stereocenters. The lowest BCUT2D eigenvalue weighted by atomic mass is 10.1. The summed E-state index contributed by atoms with van der Waals surface area (Å²) in [6.07, 6.45) is 2.67. The van der Waals surface area contributed by atoms with E-state index in [1.165, 1.54) is 19.4 Å². The van der Waals surface area contributed by atoms with Gasteiger partial charge in [-0.2, -0.15) is 0 Å². The Kier molecular flexibility index (Phi) is 6.32. The van der Waals surface area contributed by atoms with Gasteiger partial charge in [0.2, 0.25) is 0 Å². The average Bonchev–Trinajstić information content (AvgIpc) is 2.66. The van der Waals surface area contributed by atoms with Gasteiger partial charge in [-0.3, -0.25) is 4.90 Å². The van der Waals surface area contributed by atoms with Crippen molar-refractivity contribution in [3.8, 4) is 0 Å². The zero-order chi connectivity index (χ0) is 12.0. The van der Waals surface area contributed by atoms with Crippen molar-refractivity contribution in [3.63, 3.8) is 0 Å². The Labute approximate surface area is 101 Å². The molecule has 1 aliphatic rings. The zero-order valence-corrected chi connectivity index (χ0v) is 11.3. The number of hydrogen-bond donors (Lipinski definition) is 1. The molecule has 0 aromatic rings. The second-order valence-corrected chi connectivity index (χ2v) is 5.39. The van der Waals surface area contributed by atoms with E-state index in [0.29, 0.717) is 12.1 Å². The molecular weight excluding hydrogens is 200 g/mol. The smallest absolute Gasteiger partial charge is 0.0615 e. The van der Waals surface area contributed by atoms with E-state index >= 15 is 0 Å². The van der Waals surface area contributed by atoms with Crippen LogP contribution < -0.4 is 5.32 Å². The van der Waals surface area contributed by atoms with Crippen LogP contribution in [0.2, 0.25) is 0 Å². The number of nitrogens with one attached hydrogen (secondary N) is 1. The summed E-state index contributed by atoms with van der Waals surface area (Å²) in [6.45, 7) is 11.1. The Balaban J connectivity index is 2.28. The van der Waals surface area contributed by atoms with E-state index < -0.39 is 0 Å². The SMILES string of the molecule is COCC(C)N1CCCC1CNCC(C)C. The van der Waals surface area contributed by atoms with Crippen molar-refractivity contribution in [2.24, 2.45) is 5.92 Å². The van der Waals surface area contributed by atoms with E-state index in [-0.39, 0.29) is 0 Å². The van der Waals surface area contributed by atoms with Gasteiger partial charge in [0, 0.05) is 25.7 Å². The highest BCUT2D eigenvalue weighted by atomic mass is 16.5. The Bertz CT molecular complexity index is 185. The fourth-order valence-corrected chi connectivity index (χ4v) is 2.53. The van der Waals surface area contributed by atoms with Crippen LogP contribution in [-0.4, -0.2) is 50.3 Å². The maximum Gasteiger partial charge on any atom is 0.0615 e. The minimum absolute atomic E-state index is 0.554. The Morgan fingerprint density at radius 2 is 2.12 bits per heavy atom. The number of nitrogens with zero attached hydrogens (tertiary/aromatic N) is 1. The summed E-state index contributed by atoms with van der Waals surface area (Å²) in [6, 6.07) is 1.27. The van der Waals surface area contributed by atoms with Crippen molar-refractivity contribution < 1.29 is 4.74 Å². The molecule has 1 N–H and O–H groups in total. The van der Waals surface area contributed by atoms with Gasteiger partial charge in [0.05, 0.1) is 6.61 Å². The molecule has 1 heterocycles. The van der Waals surface area contributed by atoms with Crippen molar-refractivity contribution in [1.29, 1.82) is 0 Å². The molecule has 3 heteroatoms. The highest BCUT2D eigenvalue weighted by molar-refractivity contribution is 4.84. The minimum atomic E-state index is 0.554. The van der Waals surface area contributed by atoms with Crippen molar-refractivity contribution >= 4 is 0 Å². The predicted octanol–water partition coefficient (Wildman–Crippen LogP) is 1.73. The maximum absolute atomic E-state index is 5.24. The predicted molar refractivity (Wildman–Crippen MR) is 68.8 cm³/mol. The molecule has 1 aliphatic heterocycles. The van der Waals surface area contributed by atoms with E-state index in [2.05, 4.69) is 31.0 Å². The molecule has 0 aliphatic carbocycles. The van der Waals surface area contributed by atoms with Crippen molar-refractivity contribution in [2.75, 3.05) is 33.4 Å². The van der Waals surface area contributed by atoms with Crippen LogP contribution in [0.15, 0.2) is 0 Å². The van der Waals surface area contributed by atoms with E-state index in [4.69, 9.17) is 4.74 Å². The molecule has 1 saturated heterocycles. The van der Waals surface area contributed by atoms with Crippen LogP contribution in [0.4, 0.5) is 0 Å². The van der Waals surface area contributed by atoms with Gasteiger partial charge in [-0.25, -0.2) is 0 Å². The van der Waals surface area contributed by atoms with Crippen LogP contribution in [0, 0.1) is 5.92 Å². The number of likely N-dealkylation sites (tertiary alicyclic amines) is 1. The summed E-state index contributed by atoms with van der Waals surface area (Å²) in [4.78, 5) is 2.59. The topological polar surface area (TPSA) is 24.5 Å². The summed E-state index contributed by atoms with van der Waals surface area (Å²) in [7, 11) is 1.79. The second-order valence-electron chi connectivity index (χ2n) is 5.39. The highest BCUT2D eigenvalue weighted by Gasteiger charge is 2.27. The van der Waals surface area contributed by atoms with Crippen molar-refractivity contribution in [1.82, 2.24) is 10.2 Å². The molecule has 96 valence electrons. The molecule has 0 amide bonds. The molecule has 0 spiro atoms. The average molecular weight is 228 g/mol. The fraction of sp³-hybridized carbons (Fsp3) is 1.00. The van der Waals surface area contributed by atoms with E-state index in [0.717, 1.165) is 25.6 Å². The van der Waals surface area contributed by atoms with Gasteiger partial charge in [0.15, 0.2) is 0 Å². The monoisotopic (exact) mass is 228 g/mol. The first-order chi connectivity index (χ1) is 7.65. The molecule has 0 saturated carbocycles. The highest BCUT2D eigenvalue weighted by Crippen LogP contribution is 2.19. The van der Waals surface area contributed by atoms with Crippen molar-refractivity contribution in [3.05, 3.63) is 0 Å². The quantitative estimate of drug-likeness (QED) is 0.718. The third-order valence-electron chi connectivity index (χ3n) is 3.33. The van der Waals surface area contributed by atoms with Gasteiger partial charge < -0.3 is 10.1 Å². The molecule has 0 bridgehead atoms. The Hall–Kier alpha value is -0.120. The van der Waals surface area contributed by atoms with E-state index in [1.54, 1.807) is 7.11 Å². The maximum atomic E-state index is 5.24. The number of rotatable bonds is 7. The molecule has 2 unspecified atom stereocenters. The minimum Gasteiger partial charge on any atom is -0.383 e. The van der Waals surface area contributed by atoms with Crippen LogP contribution in [-0.2, 0) is 4.74 Å². The van der Waals surface area contributed by atoms with Crippen LogP contribution in [0.5, 0.6) is 0 Å². The van der Waals surface area contributed by atoms with Gasteiger partial charge in [-0.15, -0.1) is 0 Å². The Morgan fingerprint density at radius 3 is 2.75 bits per heavy atom. The normalized spacial score (nSPS) is 24.2. The first-order valence-corrected chi connectivity index (χ1v) is 6.60. The molecule has 3 nitrogen and oxygen atoms in total. The van der Waals surface area contributed by atoms with Crippen molar-refractivity contribution in [2.45, 2.75) is 45.7 Å². The molecular formula is C13H28N2O. The van der Waals surface area contributed by atoms with Crippen LogP contribution in [0.25, 0.3) is 0 Å². The molecule has 16 heavy (non-hydrogen) atoms. The summed E-state index contributed by atoms with van der Waals surface area (Å²) in [5, 5.41) is 3.57. The van der Waals surface area contributed by atoms with E-state index in [9.17, 15) is 0 Å². The summed E-state index contributed by atoms with van der Waals surface area (Å²) in [5.74, 6) is 0.742. The van der Waals surface area contributed by atoms with E-state index in [1.807, 2.05) is 0 Å². The van der Waals surface area contributed by atoms with Crippen LogP contribution in [0.1, 0.15) is 33.6 Å². The number of hydrogen-bond acceptors (Lipinski definition) is 3.